The Kier molecular flexibility index (Phi) is 5.53. The highest BCUT2D eigenvalue weighted by atomic mass is 19.4. The van der Waals surface area contributed by atoms with Gasteiger partial charge in [0, 0.05) is 38.2 Å². The summed E-state index contributed by atoms with van der Waals surface area (Å²) in [6, 6.07) is 9.07. The number of benzene rings is 1. The third-order valence-electron chi connectivity index (χ3n) is 4.28. The number of carbonyl (C=O) groups is 1. The van der Waals surface area contributed by atoms with Crippen molar-refractivity contribution in [3.05, 3.63) is 53.9 Å². The molecule has 1 aromatic heterocycles. The Hall–Kier alpha value is -2.77. The number of aryl methyl sites for hydroxylation is 1. The van der Waals surface area contributed by atoms with Gasteiger partial charge < -0.3 is 14.4 Å². The van der Waals surface area contributed by atoms with Crippen LogP contribution in [0.5, 0.6) is 11.5 Å². The van der Waals surface area contributed by atoms with E-state index in [0.717, 1.165) is 5.56 Å². The summed E-state index contributed by atoms with van der Waals surface area (Å²) < 4.78 is 46.6. The second kappa shape index (κ2) is 7.85. The van der Waals surface area contributed by atoms with E-state index < -0.39 is 6.36 Å². The monoisotopic (exact) mass is 380 g/mol. The van der Waals surface area contributed by atoms with Crippen molar-refractivity contribution in [2.45, 2.75) is 32.2 Å². The van der Waals surface area contributed by atoms with Crippen LogP contribution in [0.25, 0.3) is 0 Å². The molecule has 27 heavy (non-hydrogen) atoms. The fraction of sp³-hybridized carbons (Fsp3) is 0.368. The second-order valence-electron chi connectivity index (χ2n) is 6.30. The molecule has 2 aromatic rings. The van der Waals surface area contributed by atoms with Crippen LogP contribution in [0.2, 0.25) is 0 Å². The van der Waals surface area contributed by atoms with Gasteiger partial charge in [-0.3, -0.25) is 9.78 Å². The molecule has 0 aliphatic carbocycles. The van der Waals surface area contributed by atoms with Gasteiger partial charge in [-0.2, -0.15) is 0 Å². The van der Waals surface area contributed by atoms with Gasteiger partial charge >= 0.3 is 6.36 Å². The standard InChI is InChI=1S/C19H19F3N2O3/c1-13-4-3-9-23-17(13)18(25)24-10-7-14(8-11-24)26-15-5-2-6-16(12-15)27-19(20,21)22/h2-6,9,12,14H,7-8,10-11H2,1H3. The van der Waals surface area contributed by atoms with Crippen LogP contribution in [0.15, 0.2) is 42.6 Å². The summed E-state index contributed by atoms with van der Waals surface area (Å²) in [5, 5.41) is 0. The zero-order valence-electron chi connectivity index (χ0n) is 14.7. The first-order valence-electron chi connectivity index (χ1n) is 8.55. The zero-order chi connectivity index (χ0) is 19.4. The van der Waals surface area contributed by atoms with Gasteiger partial charge in [0.05, 0.1) is 0 Å². The quantitative estimate of drug-likeness (QED) is 0.805. The van der Waals surface area contributed by atoms with Crippen molar-refractivity contribution in [3.8, 4) is 11.5 Å². The first-order chi connectivity index (χ1) is 12.8. The number of aromatic nitrogens is 1. The molecule has 0 bridgehead atoms. The van der Waals surface area contributed by atoms with Crippen LogP contribution in [-0.4, -0.2) is 41.3 Å². The molecule has 3 rings (SSSR count). The minimum atomic E-state index is -4.74. The van der Waals surface area contributed by atoms with Crippen molar-refractivity contribution < 1.29 is 27.4 Å². The van der Waals surface area contributed by atoms with Crippen molar-refractivity contribution in [2.24, 2.45) is 0 Å². The van der Waals surface area contributed by atoms with Gasteiger partial charge in [0.25, 0.3) is 5.91 Å². The van der Waals surface area contributed by atoms with Gasteiger partial charge in [0.2, 0.25) is 0 Å². The molecule has 1 saturated heterocycles. The van der Waals surface area contributed by atoms with Gasteiger partial charge in [-0.15, -0.1) is 13.2 Å². The number of likely N-dealkylation sites (tertiary alicyclic amines) is 1. The van der Waals surface area contributed by atoms with E-state index in [1.807, 2.05) is 13.0 Å². The summed E-state index contributed by atoms with van der Waals surface area (Å²) in [6.07, 6.45) is -2.16. The van der Waals surface area contributed by atoms with E-state index in [4.69, 9.17) is 4.74 Å². The molecule has 1 aliphatic heterocycles. The predicted octanol–water partition coefficient (Wildman–Crippen LogP) is 3.97. The van der Waals surface area contributed by atoms with Crippen molar-refractivity contribution in [2.75, 3.05) is 13.1 Å². The smallest absolute Gasteiger partial charge is 0.490 e. The largest absolute Gasteiger partial charge is 0.573 e. The number of pyridine rings is 1. The van der Waals surface area contributed by atoms with E-state index in [-0.39, 0.29) is 17.8 Å². The van der Waals surface area contributed by atoms with E-state index in [2.05, 4.69) is 9.72 Å². The van der Waals surface area contributed by atoms with Gasteiger partial charge in [-0.25, -0.2) is 0 Å². The molecule has 144 valence electrons. The van der Waals surface area contributed by atoms with Crippen molar-refractivity contribution in [3.63, 3.8) is 0 Å². The van der Waals surface area contributed by atoms with E-state index in [1.54, 1.807) is 23.2 Å². The summed E-state index contributed by atoms with van der Waals surface area (Å²) in [5.41, 5.74) is 1.26. The zero-order valence-corrected chi connectivity index (χ0v) is 14.7. The summed E-state index contributed by atoms with van der Waals surface area (Å²) in [7, 11) is 0. The number of halogens is 3. The third kappa shape index (κ3) is 5.12. The van der Waals surface area contributed by atoms with Crippen LogP contribution in [-0.2, 0) is 0 Å². The topological polar surface area (TPSA) is 51.7 Å². The molecular weight excluding hydrogens is 361 g/mol. The number of alkyl halides is 3. The molecule has 0 unspecified atom stereocenters. The molecule has 2 heterocycles. The summed E-state index contributed by atoms with van der Waals surface area (Å²) >= 11 is 0. The number of rotatable bonds is 4. The third-order valence-corrected chi connectivity index (χ3v) is 4.28. The van der Waals surface area contributed by atoms with Crippen LogP contribution < -0.4 is 9.47 Å². The number of amides is 1. The maximum absolute atomic E-state index is 12.6. The maximum Gasteiger partial charge on any atom is 0.573 e. The molecule has 5 nitrogen and oxygen atoms in total. The Bertz CT molecular complexity index is 803. The Morgan fingerprint density at radius 1 is 1.15 bits per heavy atom. The molecule has 1 fully saturated rings. The number of carbonyl (C=O) groups excluding carboxylic acids is 1. The Balaban J connectivity index is 1.56. The second-order valence-corrected chi connectivity index (χ2v) is 6.30. The molecular formula is C19H19F3N2O3. The molecule has 8 heteroatoms. The molecule has 1 aliphatic rings. The molecule has 0 saturated carbocycles. The van der Waals surface area contributed by atoms with Crippen molar-refractivity contribution >= 4 is 5.91 Å². The SMILES string of the molecule is Cc1cccnc1C(=O)N1CCC(Oc2cccc(OC(F)(F)F)c2)CC1. The maximum atomic E-state index is 12.6. The number of piperidine rings is 1. The number of nitrogens with zero attached hydrogens (tertiary/aromatic N) is 2. The summed E-state index contributed by atoms with van der Waals surface area (Å²) in [6.45, 7) is 2.84. The lowest BCUT2D eigenvalue weighted by atomic mass is 10.1. The van der Waals surface area contributed by atoms with Crippen LogP contribution in [0.4, 0.5) is 13.2 Å². The number of ether oxygens (including phenoxy) is 2. The Morgan fingerprint density at radius 2 is 1.85 bits per heavy atom. The lowest BCUT2D eigenvalue weighted by Gasteiger charge is -2.32. The first-order valence-corrected chi connectivity index (χ1v) is 8.55. The molecule has 1 amide bonds. The van der Waals surface area contributed by atoms with Gasteiger partial charge in [-0.1, -0.05) is 12.1 Å². The molecule has 1 aromatic carbocycles. The molecule has 0 radical (unpaired) electrons. The van der Waals surface area contributed by atoms with Crippen LogP contribution >= 0.6 is 0 Å². The van der Waals surface area contributed by atoms with Crippen LogP contribution in [0.3, 0.4) is 0 Å². The fourth-order valence-electron chi connectivity index (χ4n) is 2.97. The van der Waals surface area contributed by atoms with Crippen LogP contribution in [0.1, 0.15) is 28.9 Å². The highest BCUT2D eigenvalue weighted by molar-refractivity contribution is 5.93. The van der Waals surface area contributed by atoms with E-state index in [1.165, 1.54) is 18.2 Å². The predicted molar refractivity (Wildman–Crippen MR) is 91.7 cm³/mol. The van der Waals surface area contributed by atoms with Crippen molar-refractivity contribution in [1.82, 2.24) is 9.88 Å². The van der Waals surface area contributed by atoms with Gasteiger partial charge in [0.15, 0.2) is 0 Å². The number of hydrogen-bond donors (Lipinski definition) is 0. The minimum absolute atomic E-state index is 0.118. The lowest BCUT2D eigenvalue weighted by molar-refractivity contribution is -0.274. The Morgan fingerprint density at radius 3 is 2.52 bits per heavy atom. The van der Waals surface area contributed by atoms with E-state index in [9.17, 15) is 18.0 Å². The summed E-state index contributed by atoms with van der Waals surface area (Å²) in [5.74, 6) is -0.132. The fourth-order valence-corrected chi connectivity index (χ4v) is 2.97. The first kappa shape index (κ1) is 19.0. The minimum Gasteiger partial charge on any atom is -0.490 e. The summed E-state index contributed by atoms with van der Waals surface area (Å²) in [4.78, 5) is 18.4. The highest BCUT2D eigenvalue weighted by Crippen LogP contribution is 2.28. The molecule has 0 atom stereocenters. The van der Waals surface area contributed by atoms with Gasteiger partial charge in [0.1, 0.15) is 23.3 Å². The number of hydrogen-bond acceptors (Lipinski definition) is 4. The molecule has 0 spiro atoms. The highest BCUT2D eigenvalue weighted by Gasteiger charge is 2.31. The lowest BCUT2D eigenvalue weighted by Crippen LogP contribution is -2.42. The Labute approximate surface area is 154 Å². The average molecular weight is 380 g/mol. The average Bonchev–Trinajstić information content (AvgIpc) is 2.61. The van der Waals surface area contributed by atoms with E-state index in [0.29, 0.717) is 37.4 Å². The van der Waals surface area contributed by atoms with Crippen LogP contribution in [0, 0.1) is 6.92 Å². The molecule has 0 N–H and O–H groups in total. The van der Waals surface area contributed by atoms with Crippen molar-refractivity contribution in [1.29, 1.82) is 0 Å². The van der Waals surface area contributed by atoms with E-state index >= 15 is 0 Å². The normalized spacial score (nSPS) is 15.5. The van der Waals surface area contributed by atoms with Gasteiger partial charge in [-0.05, 0) is 30.7 Å².